The lowest BCUT2D eigenvalue weighted by molar-refractivity contribution is -0.175. The smallest absolute Gasteiger partial charge is 0.169 e. The topological polar surface area (TPSA) is 43.0 Å². The van der Waals surface area contributed by atoms with Crippen molar-refractivity contribution in [1.29, 1.82) is 0 Å². The number of nitrogens with zero attached hydrogens (tertiary/aromatic N) is 1. The molecule has 0 aliphatic carbocycles. The third-order valence-corrected chi connectivity index (χ3v) is 2.92. The summed E-state index contributed by atoms with van der Waals surface area (Å²) >= 11 is 0. The fourth-order valence-electron chi connectivity index (χ4n) is 1.94. The zero-order valence-electron chi connectivity index (χ0n) is 9.82. The predicted octanol–water partition coefficient (Wildman–Crippen LogP) is -0.329. The normalized spacial score (nSPS) is 24.8. The summed E-state index contributed by atoms with van der Waals surface area (Å²) < 4.78 is 16.2. The first-order valence-corrected chi connectivity index (χ1v) is 6.19. The van der Waals surface area contributed by atoms with Gasteiger partial charge in [0, 0.05) is 32.7 Å². The van der Waals surface area contributed by atoms with Crippen molar-refractivity contribution in [3.8, 4) is 0 Å². The molecule has 16 heavy (non-hydrogen) atoms. The molecule has 0 saturated carbocycles. The standard InChI is InChI=1S/C11H22N2O3/c1-6-15-11(16-7-1)10-12-2-3-13-4-8-14-9-5-13/h11-12H,1-10H2. The minimum absolute atomic E-state index is 0.0431. The van der Waals surface area contributed by atoms with Crippen LogP contribution in [0.3, 0.4) is 0 Å². The van der Waals surface area contributed by atoms with Crippen molar-refractivity contribution in [2.24, 2.45) is 0 Å². The zero-order chi connectivity index (χ0) is 11.1. The van der Waals surface area contributed by atoms with Crippen molar-refractivity contribution in [3.05, 3.63) is 0 Å². The second-order valence-electron chi connectivity index (χ2n) is 4.18. The SMILES string of the molecule is C1COC(CNCCN2CCOCC2)OC1. The van der Waals surface area contributed by atoms with E-state index in [-0.39, 0.29) is 6.29 Å². The van der Waals surface area contributed by atoms with Gasteiger partial charge in [0.05, 0.1) is 26.4 Å². The van der Waals surface area contributed by atoms with Crippen LogP contribution in [0.15, 0.2) is 0 Å². The number of ether oxygens (including phenoxy) is 3. The van der Waals surface area contributed by atoms with E-state index in [4.69, 9.17) is 14.2 Å². The fraction of sp³-hybridized carbons (Fsp3) is 1.00. The van der Waals surface area contributed by atoms with Gasteiger partial charge in [-0.15, -0.1) is 0 Å². The molecular formula is C11H22N2O3. The number of morpholine rings is 1. The highest BCUT2D eigenvalue weighted by atomic mass is 16.7. The van der Waals surface area contributed by atoms with Crippen LogP contribution in [0.1, 0.15) is 6.42 Å². The monoisotopic (exact) mass is 230 g/mol. The van der Waals surface area contributed by atoms with Gasteiger partial charge in [-0.3, -0.25) is 4.90 Å². The first kappa shape index (κ1) is 12.3. The first-order chi connectivity index (χ1) is 7.95. The number of nitrogens with one attached hydrogen (secondary N) is 1. The van der Waals surface area contributed by atoms with E-state index in [1.165, 1.54) is 0 Å². The Morgan fingerprint density at radius 3 is 2.56 bits per heavy atom. The minimum atomic E-state index is -0.0431. The lowest BCUT2D eigenvalue weighted by atomic mass is 10.4. The Morgan fingerprint density at radius 1 is 1.06 bits per heavy atom. The maximum atomic E-state index is 5.45. The third kappa shape index (κ3) is 4.35. The second kappa shape index (κ2) is 7.19. The lowest BCUT2D eigenvalue weighted by Crippen LogP contribution is -2.42. The van der Waals surface area contributed by atoms with E-state index in [9.17, 15) is 0 Å². The van der Waals surface area contributed by atoms with Gasteiger partial charge in [-0.05, 0) is 6.42 Å². The average molecular weight is 230 g/mol. The zero-order valence-corrected chi connectivity index (χ0v) is 9.82. The summed E-state index contributed by atoms with van der Waals surface area (Å²) in [6.45, 7) is 8.37. The van der Waals surface area contributed by atoms with Crippen LogP contribution in [0.25, 0.3) is 0 Å². The molecule has 0 amide bonds. The molecular weight excluding hydrogens is 208 g/mol. The van der Waals surface area contributed by atoms with Gasteiger partial charge in [0.1, 0.15) is 0 Å². The van der Waals surface area contributed by atoms with E-state index < -0.39 is 0 Å². The van der Waals surface area contributed by atoms with E-state index in [1.807, 2.05) is 0 Å². The van der Waals surface area contributed by atoms with Gasteiger partial charge < -0.3 is 19.5 Å². The Labute approximate surface area is 97.0 Å². The molecule has 0 bridgehead atoms. The summed E-state index contributed by atoms with van der Waals surface area (Å²) in [5, 5.41) is 3.37. The Hall–Kier alpha value is -0.200. The summed E-state index contributed by atoms with van der Waals surface area (Å²) in [5.41, 5.74) is 0. The van der Waals surface area contributed by atoms with Crippen LogP contribution in [-0.4, -0.2) is 70.3 Å². The molecule has 0 aromatic carbocycles. The van der Waals surface area contributed by atoms with Crippen LogP contribution < -0.4 is 5.32 Å². The van der Waals surface area contributed by atoms with Gasteiger partial charge in [-0.2, -0.15) is 0 Å². The van der Waals surface area contributed by atoms with E-state index in [0.717, 1.165) is 65.6 Å². The second-order valence-corrected chi connectivity index (χ2v) is 4.18. The quantitative estimate of drug-likeness (QED) is 0.655. The van der Waals surface area contributed by atoms with Gasteiger partial charge in [0.2, 0.25) is 0 Å². The minimum Gasteiger partial charge on any atom is -0.379 e. The number of rotatable bonds is 5. The molecule has 0 aromatic rings. The highest BCUT2D eigenvalue weighted by Gasteiger charge is 2.14. The van der Waals surface area contributed by atoms with E-state index in [1.54, 1.807) is 0 Å². The van der Waals surface area contributed by atoms with E-state index >= 15 is 0 Å². The van der Waals surface area contributed by atoms with Crippen LogP contribution >= 0.6 is 0 Å². The third-order valence-electron chi connectivity index (χ3n) is 2.92. The van der Waals surface area contributed by atoms with Crippen molar-refractivity contribution >= 4 is 0 Å². The highest BCUT2D eigenvalue weighted by molar-refractivity contribution is 4.64. The maximum Gasteiger partial charge on any atom is 0.169 e. The molecule has 94 valence electrons. The summed E-state index contributed by atoms with van der Waals surface area (Å²) in [6.07, 6.45) is 0.975. The van der Waals surface area contributed by atoms with Crippen molar-refractivity contribution < 1.29 is 14.2 Å². The fourth-order valence-corrected chi connectivity index (χ4v) is 1.94. The van der Waals surface area contributed by atoms with Gasteiger partial charge in [-0.1, -0.05) is 0 Å². The summed E-state index contributed by atoms with van der Waals surface area (Å²) in [5.74, 6) is 0. The number of hydrogen-bond acceptors (Lipinski definition) is 5. The summed E-state index contributed by atoms with van der Waals surface area (Å²) in [6, 6.07) is 0. The molecule has 2 aliphatic heterocycles. The molecule has 0 aromatic heterocycles. The molecule has 1 N–H and O–H groups in total. The maximum absolute atomic E-state index is 5.45. The predicted molar refractivity (Wildman–Crippen MR) is 60.4 cm³/mol. The van der Waals surface area contributed by atoms with Gasteiger partial charge in [-0.25, -0.2) is 0 Å². The van der Waals surface area contributed by atoms with Gasteiger partial charge in [0.25, 0.3) is 0 Å². The molecule has 2 aliphatic rings. The average Bonchev–Trinajstić information content (AvgIpc) is 2.37. The lowest BCUT2D eigenvalue weighted by Gasteiger charge is -2.27. The first-order valence-electron chi connectivity index (χ1n) is 6.19. The Morgan fingerprint density at radius 2 is 1.81 bits per heavy atom. The molecule has 5 heteroatoms. The Bertz CT molecular complexity index is 160. The molecule has 0 atom stereocenters. The van der Waals surface area contributed by atoms with Gasteiger partial charge >= 0.3 is 0 Å². The molecule has 2 heterocycles. The molecule has 0 radical (unpaired) electrons. The van der Waals surface area contributed by atoms with Crippen LogP contribution in [0, 0.1) is 0 Å². The highest BCUT2D eigenvalue weighted by Crippen LogP contribution is 2.03. The molecule has 0 spiro atoms. The Kier molecular flexibility index (Phi) is 5.51. The largest absolute Gasteiger partial charge is 0.379 e. The Balaban J connectivity index is 1.47. The van der Waals surface area contributed by atoms with Crippen LogP contribution in [0.4, 0.5) is 0 Å². The summed E-state index contributed by atoms with van der Waals surface area (Å²) in [7, 11) is 0. The molecule has 2 saturated heterocycles. The van der Waals surface area contributed by atoms with Crippen molar-refractivity contribution in [2.45, 2.75) is 12.7 Å². The van der Waals surface area contributed by atoms with E-state index in [2.05, 4.69) is 10.2 Å². The van der Waals surface area contributed by atoms with Crippen LogP contribution in [0.5, 0.6) is 0 Å². The number of hydrogen-bond donors (Lipinski definition) is 1. The van der Waals surface area contributed by atoms with Crippen molar-refractivity contribution in [3.63, 3.8) is 0 Å². The van der Waals surface area contributed by atoms with Crippen molar-refractivity contribution in [1.82, 2.24) is 10.2 Å². The van der Waals surface area contributed by atoms with E-state index in [0.29, 0.717) is 0 Å². The molecule has 0 unspecified atom stereocenters. The van der Waals surface area contributed by atoms with Gasteiger partial charge in [0.15, 0.2) is 6.29 Å². The van der Waals surface area contributed by atoms with Crippen LogP contribution in [-0.2, 0) is 14.2 Å². The summed E-state index contributed by atoms with van der Waals surface area (Å²) in [4.78, 5) is 2.42. The molecule has 2 rings (SSSR count). The molecule has 5 nitrogen and oxygen atoms in total. The van der Waals surface area contributed by atoms with Crippen molar-refractivity contribution in [2.75, 3.05) is 59.2 Å². The molecule has 2 fully saturated rings. The van der Waals surface area contributed by atoms with Crippen LogP contribution in [0.2, 0.25) is 0 Å².